The second kappa shape index (κ2) is 6.44. The van der Waals surface area contributed by atoms with Crippen LogP contribution in [0, 0.1) is 0 Å². The third-order valence-electron chi connectivity index (χ3n) is 1.56. The number of allylic oxidation sites excluding steroid dienone is 4. The molecule has 0 spiro atoms. The van der Waals surface area contributed by atoms with Crippen molar-refractivity contribution in [3.63, 3.8) is 0 Å². The van der Waals surface area contributed by atoms with E-state index in [2.05, 4.69) is 34.5 Å². The third-order valence-corrected chi connectivity index (χ3v) is 3.48. The van der Waals surface area contributed by atoms with Crippen LogP contribution in [-0.4, -0.2) is 10.2 Å². The molecule has 1 N–H and O–H groups in total. The average molecular weight is 251 g/mol. The quantitative estimate of drug-likeness (QED) is 0.524. The summed E-state index contributed by atoms with van der Waals surface area (Å²) in [6.45, 7) is 0. The number of H-pyrrole nitrogens is 1. The first-order valence-electron chi connectivity index (χ1n) is 3.58. The van der Waals surface area contributed by atoms with E-state index in [1.807, 2.05) is 6.20 Å². The van der Waals surface area contributed by atoms with Crippen molar-refractivity contribution in [3.05, 3.63) is 34.4 Å². The Morgan fingerprint density at radius 3 is 2.77 bits per heavy atom. The van der Waals surface area contributed by atoms with Crippen molar-refractivity contribution in [2.45, 2.75) is 6.42 Å². The van der Waals surface area contributed by atoms with Gasteiger partial charge in [-0.1, -0.05) is 0 Å². The SMILES string of the molecule is C1=CC[C]([Ti+2][c]2cc[nH]n2)=C1.[Cl-].[Cl-]. The molecule has 0 saturated heterocycles. The maximum atomic E-state index is 4.14. The van der Waals surface area contributed by atoms with Crippen LogP contribution >= 0.6 is 0 Å². The van der Waals surface area contributed by atoms with Crippen molar-refractivity contribution in [2.75, 3.05) is 0 Å². The number of hydrogen-bond acceptors (Lipinski definition) is 1. The van der Waals surface area contributed by atoms with Crippen LogP contribution in [0.2, 0.25) is 0 Å². The predicted octanol–water partition coefficient (Wildman–Crippen LogP) is -5.03. The smallest absolute Gasteiger partial charge is 1.00 e. The van der Waals surface area contributed by atoms with E-state index in [1.54, 1.807) is 3.88 Å². The van der Waals surface area contributed by atoms with Crippen molar-refractivity contribution in [1.29, 1.82) is 0 Å². The van der Waals surface area contributed by atoms with E-state index in [0.717, 1.165) is 6.42 Å². The molecule has 5 heteroatoms. The van der Waals surface area contributed by atoms with E-state index in [0.29, 0.717) is 0 Å². The molecule has 68 valence electrons. The van der Waals surface area contributed by atoms with Crippen LogP contribution in [0.5, 0.6) is 0 Å². The van der Waals surface area contributed by atoms with Crippen molar-refractivity contribution in [3.8, 4) is 0 Å². The Labute approximate surface area is 98.6 Å². The topological polar surface area (TPSA) is 28.7 Å². The van der Waals surface area contributed by atoms with E-state index in [-0.39, 0.29) is 44.0 Å². The Hall–Kier alpha value is -0.0157. The predicted molar refractivity (Wildman–Crippen MR) is 40.1 cm³/mol. The molecule has 1 aromatic heterocycles. The molecule has 0 radical (unpaired) electrons. The summed E-state index contributed by atoms with van der Waals surface area (Å²) in [7, 11) is 0. The van der Waals surface area contributed by atoms with E-state index in [4.69, 9.17) is 0 Å². The van der Waals surface area contributed by atoms with Gasteiger partial charge in [-0.05, 0) is 0 Å². The minimum absolute atomic E-state index is 0. The fourth-order valence-corrected chi connectivity index (χ4v) is 2.62. The maximum absolute atomic E-state index is 4.14. The van der Waals surface area contributed by atoms with Crippen molar-refractivity contribution >= 4 is 4.00 Å². The van der Waals surface area contributed by atoms with Crippen LogP contribution in [0.15, 0.2) is 34.4 Å². The molecule has 0 aliphatic heterocycles. The summed E-state index contributed by atoms with van der Waals surface area (Å²) in [5.74, 6) is 0. The van der Waals surface area contributed by atoms with Gasteiger partial charge in [0.25, 0.3) is 0 Å². The van der Waals surface area contributed by atoms with Crippen LogP contribution in [0.4, 0.5) is 0 Å². The Morgan fingerprint density at radius 1 is 1.38 bits per heavy atom. The monoisotopic (exact) mass is 250 g/mol. The molecular weight excluding hydrogens is 243 g/mol. The second-order valence-electron chi connectivity index (χ2n) is 2.41. The molecule has 0 bridgehead atoms. The first kappa shape index (κ1) is 13.0. The molecule has 0 saturated carbocycles. The molecule has 1 aliphatic rings. The number of aromatic nitrogens is 2. The van der Waals surface area contributed by atoms with Gasteiger partial charge in [0.2, 0.25) is 0 Å². The summed E-state index contributed by atoms with van der Waals surface area (Å²) in [4.78, 5) is 0. The number of halogens is 2. The van der Waals surface area contributed by atoms with Crippen molar-refractivity contribution < 1.29 is 44.0 Å². The van der Waals surface area contributed by atoms with Crippen molar-refractivity contribution in [1.82, 2.24) is 10.2 Å². The summed E-state index contributed by atoms with van der Waals surface area (Å²) in [5, 5.41) is 6.98. The fourth-order valence-electron chi connectivity index (χ4n) is 1.03. The van der Waals surface area contributed by atoms with Gasteiger partial charge in [0.05, 0.1) is 0 Å². The van der Waals surface area contributed by atoms with Crippen LogP contribution in [0.25, 0.3) is 0 Å². The molecule has 0 amide bonds. The van der Waals surface area contributed by atoms with Gasteiger partial charge in [-0.3, -0.25) is 0 Å². The maximum Gasteiger partial charge on any atom is -1.00 e. The molecule has 0 unspecified atom stereocenters. The van der Waals surface area contributed by atoms with Crippen molar-refractivity contribution in [2.24, 2.45) is 0 Å². The van der Waals surface area contributed by atoms with Gasteiger partial charge in [0.15, 0.2) is 0 Å². The number of rotatable bonds is 2. The van der Waals surface area contributed by atoms with E-state index in [9.17, 15) is 0 Å². The van der Waals surface area contributed by atoms with E-state index < -0.39 is 0 Å². The van der Waals surface area contributed by atoms with Crippen LogP contribution in [-0.2, 0) is 19.2 Å². The normalized spacial score (nSPS) is 12.5. The molecule has 1 aliphatic carbocycles. The zero-order valence-corrected chi connectivity index (χ0v) is 9.87. The van der Waals surface area contributed by atoms with Gasteiger partial charge < -0.3 is 24.8 Å². The summed E-state index contributed by atoms with van der Waals surface area (Å²) in [5.41, 5.74) is 0. The van der Waals surface area contributed by atoms with E-state index in [1.165, 1.54) is 4.00 Å². The number of nitrogens with zero attached hydrogens (tertiary/aromatic N) is 1. The first-order valence-corrected chi connectivity index (χ1v) is 5.14. The van der Waals surface area contributed by atoms with Crippen LogP contribution < -0.4 is 28.8 Å². The minimum Gasteiger partial charge on any atom is -1.00 e. The number of nitrogens with one attached hydrogen (secondary N) is 1. The molecule has 1 aromatic rings. The Morgan fingerprint density at radius 2 is 2.23 bits per heavy atom. The van der Waals surface area contributed by atoms with Gasteiger partial charge in [-0.25, -0.2) is 0 Å². The summed E-state index contributed by atoms with van der Waals surface area (Å²) in [6, 6.07) is 2.07. The molecule has 1 heterocycles. The molecule has 0 fully saturated rings. The summed E-state index contributed by atoms with van der Waals surface area (Å²) in [6.07, 6.45) is 9.58. The zero-order chi connectivity index (χ0) is 7.52. The second-order valence-corrected chi connectivity index (χ2v) is 4.60. The summed E-state index contributed by atoms with van der Waals surface area (Å²) < 4.78 is 2.82. The third kappa shape index (κ3) is 3.69. The standard InChI is InChI=1S/C5H5.C3H3N2.2ClH.Ti/c2*1-2-4-5-3-1;;;/h1-3H,4H2;1-2H,(H,4,5);2*1H;/q;;;;+2/p-2. The van der Waals surface area contributed by atoms with Gasteiger partial charge in [-0.2, -0.15) is 0 Å². The molecule has 0 aromatic carbocycles. The zero-order valence-electron chi connectivity index (χ0n) is 6.80. The fraction of sp³-hybridized carbons (Fsp3) is 0.125. The first-order chi connectivity index (χ1) is 5.45. The molecule has 2 rings (SSSR count). The van der Waals surface area contributed by atoms with Crippen LogP contribution in [0.1, 0.15) is 6.42 Å². The molecule has 0 atom stereocenters. The van der Waals surface area contributed by atoms with Gasteiger partial charge in [-0.15, -0.1) is 0 Å². The molecular formula is C8H8Cl2N2Ti. The van der Waals surface area contributed by atoms with Crippen LogP contribution in [0.3, 0.4) is 0 Å². The van der Waals surface area contributed by atoms with Gasteiger partial charge in [0.1, 0.15) is 0 Å². The Balaban J connectivity index is 0.000000720. The Bertz CT molecular complexity index is 293. The number of aromatic amines is 1. The average Bonchev–Trinajstić information content (AvgIpc) is 2.60. The minimum atomic E-state index is -0.115. The van der Waals surface area contributed by atoms with Gasteiger partial charge >= 0.3 is 74.1 Å². The Kier molecular flexibility index (Phi) is 6.43. The van der Waals surface area contributed by atoms with E-state index >= 15 is 0 Å². The molecule has 2 nitrogen and oxygen atoms in total. The molecule has 13 heavy (non-hydrogen) atoms. The number of hydrogen-bond donors (Lipinski definition) is 1. The summed E-state index contributed by atoms with van der Waals surface area (Å²) >= 11 is -0.115. The van der Waals surface area contributed by atoms with Gasteiger partial charge in [0, 0.05) is 0 Å². The largest absolute Gasteiger partial charge is 1.00 e.